The highest BCUT2D eigenvalue weighted by molar-refractivity contribution is 5.85. The van der Waals surface area contributed by atoms with Gasteiger partial charge < -0.3 is 10.5 Å². The lowest BCUT2D eigenvalue weighted by molar-refractivity contribution is -0.124. The summed E-state index contributed by atoms with van der Waals surface area (Å²) < 4.78 is 5.35. The molecule has 1 atom stereocenters. The zero-order chi connectivity index (χ0) is 9.68. The molecular formula is C10H14ClNO2. The van der Waals surface area contributed by atoms with Crippen LogP contribution in [0.4, 0.5) is 0 Å². The van der Waals surface area contributed by atoms with E-state index in [1.807, 2.05) is 25.1 Å². The number of para-hydroxylation sites is 1. The molecule has 14 heavy (non-hydrogen) atoms. The largest absolute Gasteiger partial charge is 0.481 e. The van der Waals surface area contributed by atoms with Crippen molar-refractivity contribution < 1.29 is 9.53 Å². The van der Waals surface area contributed by atoms with E-state index in [1.54, 1.807) is 12.1 Å². The molecule has 0 saturated heterocycles. The third kappa shape index (κ3) is 3.66. The first-order valence-corrected chi connectivity index (χ1v) is 4.25. The zero-order valence-corrected chi connectivity index (χ0v) is 8.79. The van der Waals surface area contributed by atoms with Crippen LogP contribution >= 0.6 is 12.4 Å². The average Bonchev–Trinajstić information content (AvgIpc) is 2.15. The Hall–Kier alpha value is -1.22. The number of hydrogen-bond donors (Lipinski definition) is 1. The van der Waals surface area contributed by atoms with Crippen molar-refractivity contribution in [2.75, 3.05) is 0 Å². The zero-order valence-electron chi connectivity index (χ0n) is 7.97. The van der Waals surface area contributed by atoms with Crippen LogP contribution in [0.1, 0.15) is 13.3 Å². The van der Waals surface area contributed by atoms with Crippen LogP contribution in [0.25, 0.3) is 0 Å². The predicted octanol–water partition coefficient (Wildman–Crippen LogP) is 1.75. The van der Waals surface area contributed by atoms with Crippen LogP contribution < -0.4 is 10.5 Å². The van der Waals surface area contributed by atoms with Gasteiger partial charge in [-0.15, -0.1) is 12.4 Å². The number of primary amides is 1. The Morgan fingerprint density at radius 1 is 1.43 bits per heavy atom. The predicted molar refractivity (Wildman–Crippen MR) is 57.6 cm³/mol. The van der Waals surface area contributed by atoms with Crippen molar-refractivity contribution in [3.8, 4) is 5.75 Å². The molecule has 0 bridgehead atoms. The minimum absolute atomic E-state index is 0. The lowest BCUT2D eigenvalue weighted by Gasteiger charge is -2.13. The number of carbonyl (C=O) groups is 1. The maximum Gasteiger partial charge on any atom is 0.258 e. The van der Waals surface area contributed by atoms with Gasteiger partial charge in [-0.3, -0.25) is 4.79 Å². The fourth-order valence-electron chi connectivity index (χ4n) is 1.01. The summed E-state index contributed by atoms with van der Waals surface area (Å²) in [5.41, 5.74) is 5.13. The molecule has 1 aromatic rings. The van der Waals surface area contributed by atoms with E-state index < -0.39 is 12.0 Å². The van der Waals surface area contributed by atoms with Crippen molar-refractivity contribution in [1.82, 2.24) is 0 Å². The molecule has 1 unspecified atom stereocenters. The molecule has 0 aromatic heterocycles. The number of benzene rings is 1. The number of amides is 1. The molecule has 0 saturated carbocycles. The molecule has 1 amide bonds. The van der Waals surface area contributed by atoms with Gasteiger partial charge in [-0.1, -0.05) is 25.1 Å². The molecule has 0 aliphatic heterocycles. The van der Waals surface area contributed by atoms with Gasteiger partial charge in [0.1, 0.15) is 5.75 Å². The molecule has 0 fully saturated rings. The summed E-state index contributed by atoms with van der Waals surface area (Å²) in [6, 6.07) is 9.18. The number of halogens is 1. The highest BCUT2D eigenvalue weighted by Crippen LogP contribution is 2.11. The Morgan fingerprint density at radius 3 is 2.43 bits per heavy atom. The molecule has 0 spiro atoms. The molecular weight excluding hydrogens is 202 g/mol. The quantitative estimate of drug-likeness (QED) is 0.832. The molecule has 78 valence electrons. The lowest BCUT2D eigenvalue weighted by atomic mass is 10.2. The van der Waals surface area contributed by atoms with Crippen LogP contribution in [-0.4, -0.2) is 12.0 Å². The minimum atomic E-state index is -0.526. The monoisotopic (exact) mass is 215 g/mol. The Morgan fingerprint density at radius 2 is 2.00 bits per heavy atom. The molecule has 1 aromatic carbocycles. The molecule has 0 radical (unpaired) electrons. The number of nitrogens with two attached hydrogens (primary N) is 1. The van der Waals surface area contributed by atoms with E-state index in [-0.39, 0.29) is 12.4 Å². The average molecular weight is 216 g/mol. The Bertz CT molecular complexity index is 277. The van der Waals surface area contributed by atoms with Crippen LogP contribution in [0.15, 0.2) is 30.3 Å². The molecule has 3 nitrogen and oxygen atoms in total. The molecule has 0 aliphatic rings. The number of carbonyl (C=O) groups excluding carboxylic acids is 1. The summed E-state index contributed by atoms with van der Waals surface area (Å²) in [6.07, 6.45) is 0.0620. The van der Waals surface area contributed by atoms with Crippen molar-refractivity contribution in [3.05, 3.63) is 30.3 Å². The maximum atomic E-state index is 10.8. The van der Waals surface area contributed by atoms with Gasteiger partial charge in [-0.2, -0.15) is 0 Å². The Kier molecular flexibility index (Phi) is 5.72. The number of hydrogen-bond acceptors (Lipinski definition) is 2. The summed E-state index contributed by atoms with van der Waals surface area (Å²) >= 11 is 0. The van der Waals surface area contributed by atoms with Crippen LogP contribution in [0, 0.1) is 0 Å². The summed E-state index contributed by atoms with van der Waals surface area (Å²) in [6.45, 7) is 1.86. The van der Waals surface area contributed by atoms with Gasteiger partial charge in [-0.25, -0.2) is 0 Å². The summed E-state index contributed by atoms with van der Waals surface area (Å²) in [4.78, 5) is 10.8. The van der Waals surface area contributed by atoms with Crippen LogP contribution in [-0.2, 0) is 4.79 Å². The Balaban J connectivity index is 0.00000169. The second-order valence-electron chi connectivity index (χ2n) is 2.73. The maximum absolute atomic E-state index is 10.8. The van der Waals surface area contributed by atoms with Gasteiger partial charge in [0.05, 0.1) is 0 Å². The van der Waals surface area contributed by atoms with E-state index in [9.17, 15) is 4.79 Å². The Labute approximate surface area is 89.7 Å². The number of ether oxygens (including phenoxy) is 1. The van der Waals surface area contributed by atoms with E-state index >= 15 is 0 Å². The van der Waals surface area contributed by atoms with Gasteiger partial charge >= 0.3 is 0 Å². The minimum Gasteiger partial charge on any atom is -0.481 e. The highest BCUT2D eigenvalue weighted by Gasteiger charge is 2.13. The van der Waals surface area contributed by atoms with Crippen molar-refractivity contribution >= 4 is 18.3 Å². The van der Waals surface area contributed by atoms with Gasteiger partial charge in [0, 0.05) is 0 Å². The van der Waals surface area contributed by atoms with Crippen molar-refractivity contribution in [2.24, 2.45) is 5.73 Å². The molecule has 1 rings (SSSR count). The topological polar surface area (TPSA) is 52.3 Å². The van der Waals surface area contributed by atoms with E-state index in [1.165, 1.54) is 0 Å². The SMILES string of the molecule is CCC(Oc1ccccc1)C(N)=O.Cl. The molecule has 0 aliphatic carbocycles. The fraction of sp³-hybridized carbons (Fsp3) is 0.300. The van der Waals surface area contributed by atoms with Gasteiger partial charge in [0.25, 0.3) is 5.91 Å². The van der Waals surface area contributed by atoms with Gasteiger partial charge in [0.15, 0.2) is 6.10 Å². The normalized spacial score (nSPS) is 11.2. The van der Waals surface area contributed by atoms with Crippen LogP contribution in [0.5, 0.6) is 5.75 Å². The van der Waals surface area contributed by atoms with E-state index in [4.69, 9.17) is 10.5 Å². The highest BCUT2D eigenvalue weighted by atomic mass is 35.5. The third-order valence-electron chi connectivity index (χ3n) is 1.71. The fourth-order valence-corrected chi connectivity index (χ4v) is 1.01. The van der Waals surface area contributed by atoms with Crippen LogP contribution in [0.3, 0.4) is 0 Å². The second-order valence-corrected chi connectivity index (χ2v) is 2.73. The van der Waals surface area contributed by atoms with Gasteiger partial charge in [-0.05, 0) is 18.6 Å². The molecule has 2 N–H and O–H groups in total. The first-order chi connectivity index (χ1) is 6.24. The molecule has 4 heteroatoms. The first-order valence-electron chi connectivity index (χ1n) is 4.25. The van der Waals surface area contributed by atoms with Crippen LogP contribution in [0.2, 0.25) is 0 Å². The van der Waals surface area contributed by atoms with E-state index in [0.29, 0.717) is 12.2 Å². The number of rotatable bonds is 4. The van der Waals surface area contributed by atoms with Crippen molar-refractivity contribution in [1.29, 1.82) is 0 Å². The standard InChI is InChI=1S/C10H13NO2.ClH/c1-2-9(10(11)12)13-8-6-4-3-5-7-8;/h3-7,9H,2H2,1H3,(H2,11,12);1H. The van der Waals surface area contributed by atoms with Gasteiger partial charge in [0.2, 0.25) is 0 Å². The van der Waals surface area contributed by atoms with Crippen molar-refractivity contribution in [2.45, 2.75) is 19.4 Å². The smallest absolute Gasteiger partial charge is 0.258 e. The summed E-state index contributed by atoms with van der Waals surface area (Å²) in [5, 5.41) is 0. The second kappa shape index (κ2) is 6.27. The first kappa shape index (κ1) is 12.8. The third-order valence-corrected chi connectivity index (χ3v) is 1.71. The molecule has 0 heterocycles. The lowest BCUT2D eigenvalue weighted by Crippen LogP contribution is -2.32. The van der Waals surface area contributed by atoms with Crippen molar-refractivity contribution in [3.63, 3.8) is 0 Å². The summed E-state index contributed by atoms with van der Waals surface area (Å²) in [5.74, 6) is 0.250. The summed E-state index contributed by atoms with van der Waals surface area (Å²) in [7, 11) is 0. The van der Waals surface area contributed by atoms with E-state index in [0.717, 1.165) is 0 Å². The van der Waals surface area contributed by atoms with E-state index in [2.05, 4.69) is 0 Å².